The van der Waals surface area contributed by atoms with Gasteiger partial charge in [-0.1, -0.05) is 41.4 Å². The fourth-order valence-corrected chi connectivity index (χ4v) is 3.66. The summed E-state index contributed by atoms with van der Waals surface area (Å²) >= 11 is 6.14. The molecular formula is C21H25ClN2O2. The molecule has 1 N–H and O–H groups in total. The molecule has 0 unspecified atom stereocenters. The highest BCUT2D eigenvalue weighted by atomic mass is 35.5. The van der Waals surface area contributed by atoms with Gasteiger partial charge in [-0.05, 0) is 56.6 Å². The molecule has 5 heteroatoms. The third-order valence-electron chi connectivity index (χ3n) is 4.91. The minimum absolute atomic E-state index is 0.120. The Morgan fingerprint density at radius 1 is 1.19 bits per heavy atom. The largest absolute Gasteiger partial charge is 0.495 e. The van der Waals surface area contributed by atoms with Crippen molar-refractivity contribution in [2.45, 2.75) is 25.8 Å². The minimum Gasteiger partial charge on any atom is -0.495 e. The summed E-state index contributed by atoms with van der Waals surface area (Å²) in [6.45, 7) is 4.81. The number of aryl methyl sites for hydroxylation is 1. The number of benzene rings is 2. The second kappa shape index (κ2) is 8.56. The molecule has 0 radical (unpaired) electrons. The fourth-order valence-electron chi connectivity index (χ4n) is 3.40. The van der Waals surface area contributed by atoms with Crippen molar-refractivity contribution in [3.8, 4) is 5.75 Å². The van der Waals surface area contributed by atoms with Crippen LogP contribution in [0.1, 0.15) is 40.4 Å². The van der Waals surface area contributed by atoms with E-state index in [9.17, 15) is 4.79 Å². The maximum Gasteiger partial charge on any atom is 0.251 e. The van der Waals surface area contributed by atoms with E-state index in [4.69, 9.17) is 16.3 Å². The van der Waals surface area contributed by atoms with Crippen molar-refractivity contribution >= 4 is 17.5 Å². The Morgan fingerprint density at radius 2 is 1.88 bits per heavy atom. The smallest absolute Gasteiger partial charge is 0.251 e. The van der Waals surface area contributed by atoms with E-state index < -0.39 is 0 Å². The third-order valence-corrected chi connectivity index (χ3v) is 5.21. The zero-order valence-electron chi connectivity index (χ0n) is 15.3. The summed E-state index contributed by atoms with van der Waals surface area (Å²) in [6, 6.07) is 13.9. The number of methoxy groups -OCH3 is 1. The molecule has 0 aromatic heterocycles. The number of nitrogens with zero attached hydrogens (tertiary/aromatic N) is 1. The maximum atomic E-state index is 12.6. The molecule has 0 saturated carbocycles. The molecule has 2 aromatic carbocycles. The van der Waals surface area contributed by atoms with Crippen LogP contribution in [0, 0.1) is 6.92 Å². The number of nitrogens with one attached hydrogen (secondary N) is 1. The summed E-state index contributed by atoms with van der Waals surface area (Å²) in [6.07, 6.45) is 2.43. The van der Waals surface area contributed by atoms with Crippen LogP contribution in [0.2, 0.25) is 5.02 Å². The lowest BCUT2D eigenvalue weighted by atomic mass is 10.0. The van der Waals surface area contributed by atoms with Gasteiger partial charge in [-0.25, -0.2) is 0 Å². The Labute approximate surface area is 160 Å². The van der Waals surface area contributed by atoms with Crippen LogP contribution in [-0.2, 0) is 0 Å². The first-order valence-electron chi connectivity index (χ1n) is 9.01. The second-order valence-corrected chi connectivity index (χ2v) is 7.14. The van der Waals surface area contributed by atoms with Gasteiger partial charge in [0.25, 0.3) is 5.91 Å². The Kier molecular flexibility index (Phi) is 6.17. The van der Waals surface area contributed by atoms with Gasteiger partial charge in [0, 0.05) is 12.1 Å². The van der Waals surface area contributed by atoms with E-state index in [1.54, 1.807) is 25.3 Å². The Bertz CT molecular complexity index is 755. The van der Waals surface area contributed by atoms with Crippen molar-refractivity contribution in [3.63, 3.8) is 0 Å². The number of hydrogen-bond acceptors (Lipinski definition) is 3. The van der Waals surface area contributed by atoms with Crippen molar-refractivity contribution in [1.82, 2.24) is 10.2 Å². The van der Waals surface area contributed by atoms with Crippen LogP contribution in [0.25, 0.3) is 0 Å². The summed E-state index contributed by atoms with van der Waals surface area (Å²) in [5.74, 6) is 0.448. The quantitative estimate of drug-likeness (QED) is 0.825. The minimum atomic E-state index is -0.120. The maximum absolute atomic E-state index is 12.6. The van der Waals surface area contributed by atoms with Crippen molar-refractivity contribution in [3.05, 3.63) is 64.2 Å². The number of amides is 1. The van der Waals surface area contributed by atoms with Crippen LogP contribution in [0.15, 0.2) is 42.5 Å². The SMILES string of the molecule is COc1ccc(C(=O)NC[C@@H](c2ccc(C)cc2)N2CCCC2)cc1Cl. The number of ether oxygens (including phenoxy) is 1. The highest BCUT2D eigenvalue weighted by Gasteiger charge is 2.24. The average molecular weight is 373 g/mol. The fraction of sp³-hybridized carbons (Fsp3) is 0.381. The lowest BCUT2D eigenvalue weighted by Gasteiger charge is -2.28. The van der Waals surface area contributed by atoms with Crippen LogP contribution in [0.5, 0.6) is 5.75 Å². The Hall–Kier alpha value is -2.04. The molecule has 4 nitrogen and oxygen atoms in total. The molecule has 1 atom stereocenters. The molecule has 1 saturated heterocycles. The molecule has 138 valence electrons. The number of rotatable bonds is 6. The molecule has 1 amide bonds. The second-order valence-electron chi connectivity index (χ2n) is 6.73. The van der Waals surface area contributed by atoms with Crippen molar-refractivity contribution < 1.29 is 9.53 Å². The van der Waals surface area contributed by atoms with E-state index in [-0.39, 0.29) is 11.9 Å². The molecule has 2 aromatic rings. The molecule has 26 heavy (non-hydrogen) atoms. The summed E-state index contributed by atoms with van der Waals surface area (Å²) in [5, 5.41) is 3.51. The highest BCUT2D eigenvalue weighted by molar-refractivity contribution is 6.32. The van der Waals surface area contributed by atoms with Crippen molar-refractivity contribution in [2.75, 3.05) is 26.7 Å². The Morgan fingerprint density at radius 3 is 2.50 bits per heavy atom. The normalized spacial score (nSPS) is 15.7. The molecule has 0 spiro atoms. The lowest BCUT2D eigenvalue weighted by molar-refractivity contribution is 0.0938. The lowest BCUT2D eigenvalue weighted by Crippen LogP contribution is -2.36. The van der Waals surface area contributed by atoms with Gasteiger partial charge in [-0.2, -0.15) is 0 Å². The predicted octanol–water partition coefficient (Wildman–Crippen LogP) is 4.22. The molecular weight excluding hydrogens is 348 g/mol. The highest BCUT2D eigenvalue weighted by Crippen LogP contribution is 2.26. The zero-order valence-corrected chi connectivity index (χ0v) is 16.1. The van der Waals surface area contributed by atoms with Crippen molar-refractivity contribution in [2.24, 2.45) is 0 Å². The molecule has 0 aliphatic carbocycles. The molecule has 1 aliphatic rings. The van der Waals surface area contributed by atoms with E-state index in [1.807, 2.05) is 0 Å². The van der Waals surface area contributed by atoms with Crippen LogP contribution >= 0.6 is 11.6 Å². The third kappa shape index (κ3) is 4.37. The molecule has 1 aliphatic heterocycles. The first kappa shape index (κ1) is 18.7. The van der Waals surface area contributed by atoms with Crippen LogP contribution in [-0.4, -0.2) is 37.6 Å². The summed E-state index contributed by atoms with van der Waals surface area (Å²) in [5.41, 5.74) is 3.02. The predicted molar refractivity (Wildman–Crippen MR) is 105 cm³/mol. The van der Waals surface area contributed by atoms with Crippen molar-refractivity contribution in [1.29, 1.82) is 0 Å². The van der Waals surface area contributed by atoms with Gasteiger partial charge in [0.15, 0.2) is 0 Å². The average Bonchev–Trinajstić information content (AvgIpc) is 3.17. The van der Waals surface area contributed by atoms with E-state index in [1.165, 1.54) is 24.0 Å². The number of carbonyl (C=O) groups excluding carboxylic acids is 1. The van der Waals surface area contributed by atoms with Crippen LogP contribution in [0.3, 0.4) is 0 Å². The first-order valence-corrected chi connectivity index (χ1v) is 9.38. The summed E-state index contributed by atoms with van der Waals surface area (Å²) < 4.78 is 5.14. The van der Waals surface area contributed by atoms with Gasteiger partial charge >= 0.3 is 0 Å². The van der Waals surface area contributed by atoms with Gasteiger partial charge in [0.05, 0.1) is 18.2 Å². The number of carbonyl (C=O) groups is 1. The number of hydrogen-bond donors (Lipinski definition) is 1. The monoisotopic (exact) mass is 372 g/mol. The molecule has 3 rings (SSSR count). The molecule has 1 fully saturated rings. The van der Waals surface area contributed by atoms with Gasteiger partial charge < -0.3 is 10.1 Å². The van der Waals surface area contributed by atoms with Crippen LogP contribution < -0.4 is 10.1 Å². The van der Waals surface area contributed by atoms with E-state index >= 15 is 0 Å². The van der Waals surface area contributed by atoms with E-state index in [0.29, 0.717) is 22.9 Å². The standard InChI is InChI=1S/C21H25ClN2O2/c1-15-5-7-16(8-6-15)19(24-11-3-4-12-24)14-23-21(25)17-9-10-20(26-2)18(22)13-17/h5-10,13,19H,3-4,11-12,14H2,1-2H3,(H,23,25)/t19-/m0/s1. The topological polar surface area (TPSA) is 41.6 Å². The summed E-state index contributed by atoms with van der Waals surface area (Å²) in [7, 11) is 1.56. The zero-order chi connectivity index (χ0) is 18.5. The number of likely N-dealkylation sites (tertiary alicyclic amines) is 1. The number of halogens is 1. The van der Waals surface area contributed by atoms with Gasteiger partial charge in [0.1, 0.15) is 5.75 Å². The van der Waals surface area contributed by atoms with Gasteiger partial charge in [0.2, 0.25) is 0 Å². The molecule has 0 bridgehead atoms. The first-order chi connectivity index (χ1) is 12.6. The van der Waals surface area contributed by atoms with Gasteiger partial charge in [-0.3, -0.25) is 9.69 Å². The van der Waals surface area contributed by atoms with E-state index in [0.717, 1.165) is 13.1 Å². The summed E-state index contributed by atoms with van der Waals surface area (Å²) in [4.78, 5) is 15.0. The van der Waals surface area contributed by atoms with Gasteiger partial charge in [-0.15, -0.1) is 0 Å². The molecule has 1 heterocycles. The van der Waals surface area contributed by atoms with E-state index in [2.05, 4.69) is 41.4 Å². The Balaban J connectivity index is 1.71. The van der Waals surface area contributed by atoms with Crippen LogP contribution in [0.4, 0.5) is 0 Å².